The molecule has 6 nitrogen and oxygen atoms in total. The molecule has 1 fully saturated rings. The van der Waals surface area contributed by atoms with Crippen LogP contribution < -0.4 is 15.5 Å². The second kappa shape index (κ2) is 10.8. The van der Waals surface area contributed by atoms with Gasteiger partial charge in [-0.05, 0) is 49.7 Å². The van der Waals surface area contributed by atoms with Gasteiger partial charge >= 0.3 is 0 Å². The van der Waals surface area contributed by atoms with E-state index < -0.39 is 0 Å². The van der Waals surface area contributed by atoms with Crippen molar-refractivity contribution >= 4 is 40.5 Å². The predicted octanol–water partition coefficient (Wildman–Crippen LogP) is 1.01. The van der Waals surface area contributed by atoms with Gasteiger partial charge in [0, 0.05) is 20.3 Å². The van der Waals surface area contributed by atoms with Gasteiger partial charge in [-0.3, -0.25) is 4.79 Å². The van der Waals surface area contributed by atoms with E-state index in [4.69, 9.17) is 28.6 Å². The van der Waals surface area contributed by atoms with E-state index in [-0.39, 0.29) is 5.91 Å². The quantitative estimate of drug-likeness (QED) is 0.460. The van der Waals surface area contributed by atoms with E-state index in [0.29, 0.717) is 29.8 Å². The second-order valence-electron chi connectivity index (χ2n) is 6.98. The van der Waals surface area contributed by atoms with Crippen molar-refractivity contribution in [2.45, 2.75) is 20.3 Å². The predicted molar refractivity (Wildman–Crippen MR) is 114 cm³/mol. The summed E-state index contributed by atoms with van der Waals surface area (Å²) < 4.78 is 4.98. The van der Waals surface area contributed by atoms with Gasteiger partial charge in [0.15, 0.2) is 11.7 Å². The van der Waals surface area contributed by atoms with Crippen LogP contribution in [-0.4, -0.2) is 68.9 Å². The van der Waals surface area contributed by atoms with Gasteiger partial charge in [-0.2, -0.15) is 0 Å². The molecule has 0 spiro atoms. The number of hydrogen-bond acceptors (Lipinski definition) is 3. The van der Waals surface area contributed by atoms with Gasteiger partial charge in [0.05, 0.1) is 36.9 Å². The van der Waals surface area contributed by atoms with Crippen LogP contribution in [0, 0.1) is 13.8 Å². The molecule has 1 heterocycles. The molecule has 0 saturated carbocycles. The van der Waals surface area contributed by atoms with Crippen LogP contribution in [0.2, 0.25) is 5.02 Å². The fraction of sp³-hybridized carbons (Fsp3) is 0.579. The Balaban J connectivity index is 1.77. The molecule has 150 valence electrons. The number of benzene rings is 1. The molecule has 1 aliphatic heterocycles. The lowest BCUT2D eigenvalue weighted by Crippen LogP contribution is -3.15. The summed E-state index contributed by atoms with van der Waals surface area (Å²) in [5.74, 6) is 0.0947. The first-order valence-corrected chi connectivity index (χ1v) is 10.1. The summed E-state index contributed by atoms with van der Waals surface area (Å²) in [7, 11) is 1.67. The van der Waals surface area contributed by atoms with Crippen LogP contribution in [-0.2, 0) is 9.53 Å². The molecule has 0 aromatic heterocycles. The molecule has 0 aliphatic carbocycles. The summed E-state index contributed by atoms with van der Waals surface area (Å²) in [5, 5.41) is 7.61. The summed E-state index contributed by atoms with van der Waals surface area (Å²) in [4.78, 5) is 15.4. The van der Waals surface area contributed by atoms with Gasteiger partial charge in [-0.1, -0.05) is 17.7 Å². The highest BCUT2D eigenvalue weighted by Gasteiger charge is 2.24. The van der Waals surface area contributed by atoms with Crippen LogP contribution in [0.3, 0.4) is 0 Å². The fourth-order valence-corrected chi connectivity index (χ4v) is 3.85. The molecule has 1 amide bonds. The molecule has 1 aromatic carbocycles. The van der Waals surface area contributed by atoms with E-state index in [1.165, 1.54) is 4.90 Å². The molecule has 0 bridgehead atoms. The number of thiocarbonyl (C=S) groups is 1. The Morgan fingerprint density at radius 3 is 2.67 bits per heavy atom. The molecule has 1 saturated heterocycles. The molecule has 3 N–H and O–H groups in total. The number of amides is 1. The molecular formula is C19H30ClN4O2S+. The first-order chi connectivity index (χ1) is 12.9. The van der Waals surface area contributed by atoms with Gasteiger partial charge in [-0.25, -0.2) is 0 Å². The monoisotopic (exact) mass is 413 g/mol. The maximum absolute atomic E-state index is 12.0. The van der Waals surface area contributed by atoms with E-state index in [1.807, 2.05) is 19.9 Å². The number of rotatable bonds is 7. The lowest BCUT2D eigenvalue weighted by Gasteiger charge is -2.33. The normalized spacial score (nSPS) is 14.9. The van der Waals surface area contributed by atoms with Gasteiger partial charge in [-0.15, -0.1) is 0 Å². The van der Waals surface area contributed by atoms with E-state index in [1.54, 1.807) is 7.11 Å². The first-order valence-electron chi connectivity index (χ1n) is 9.32. The van der Waals surface area contributed by atoms with Crippen molar-refractivity contribution < 1.29 is 14.4 Å². The largest absolute Gasteiger partial charge is 0.385 e. The topological polar surface area (TPSA) is 58.0 Å². The van der Waals surface area contributed by atoms with E-state index in [2.05, 4.69) is 21.6 Å². The summed E-state index contributed by atoms with van der Waals surface area (Å²) in [6, 6.07) is 4.02. The third kappa shape index (κ3) is 6.92. The van der Waals surface area contributed by atoms with Gasteiger partial charge < -0.3 is 25.2 Å². The Hall–Kier alpha value is -1.41. The van der Waals surface area contributed by atoms with Crippen LogP contribution in [0.5, 0.6) is 0 Å². The number of quaternary nitrogens is 1. The molecule has 8 heteroatoms. The van der Waals surface area contributed by atoms with Gasteiger partial charge in [0.2, 0.25) is 0 Å². The highest BCUT2D eigenvalue weighted by molar-refractivity contribution is 7.80. The number of carbonyl (C=O) groups excluding carboxylic acids is 1. The zero-order valence-electron chi connectivity index (χ0n) is 16.4. The summed E-state index contributed by atoms with van der Waals surface area (Å²) >= 11 is 11.9. The van der Waals surface area contributed by atoms with Crippen molar-refractivity contribution in [3.05, 3.63) is 28.3 Å². The number of anilines is 1. The Bertz CT molecular complexity index is 640. The lowest BCUT2D eigenvalue weighted by molar-refractivity contribution is -0.895. The van der Waals surface area contributed by atoms with Gasteiger partial charge in [0.1, 0.15) is 0 Å². The zero-order chi connectivity index (χ0) is 19.8. The molecule has 27 heavy (non-hydrogen) atoms. The number of methoxy groups -OCH3 is 1. The Morgan fingerprint density at radius 2 is 2.04 bits per heavy atom. The number of nitrogens with one attached hydrogen (secondary N) is 3. The SMILES string of the molecule is COCCCNC(=O)C[NH+]1CCN(C(=S)Nc2c(C)cc(C)cc2Cl)CC1. The Labute approximate surface area is 172 Å². The minimum Gasteiger partial charge on any atom is -0.385 e. The molecule has 0 unspecified atom stereocenters. The maximum atomic E-state index is 12.0. The summed E-state index contributed by atoms with van der Waals surface area (Å²) in [5.41, 5.74) is 3.08. The Morgan fingerprint density at radius 1 is 1.33 bits per heavy atom. The average molecular weight is 414 g/mol. The van der Waals surface area contributed by atoms with Crippen molar-refractivity contribution in [2.24, 2.45) is 0 Å². The summed E-state index contributed by atoms with van der Waals surface area (Å²) in [6.07, 6.45) is 0.840. The number of carbonyl (C=O) groups is 1. The van der Waals surface area contributed by atoms with Crippen molar-refractivity contribution in [1.82, 2.24) is 10.2 Å². The van der Waals surface area contributed by atoms with E-state index >= 15 is 0 Å². The van der Waals surface area contributed by atoms with Crippen LogP contribution in [0.1, 0.15) is 17.5 Å². The van der Waals surface area contributed by atoms with E-state index in [9.17, 15) is 4.79 Å². The van der Waals surface area contributed by atoms with E-state index in [0.717, 1.165) is 49.4 Å². The number of hydrogen-bond donors (Lipinski definition) is 3. The minimum absolute atomic E-state index is 0.0947. The van der Waals surface area contributed by atoms with Crippen LogP contribution in [0.4, 0.5) is 5.69 Å². The number of ether oxygens (including phenoxy) is 1. The number of halogens is 1. The molecule has 2 rings (SSSR count). The molecule has 0 atom stereocenters. The van der Waals surface area contributed by atoms with Crippen LogP contribution >= 0.6 is 23.8 Å². The highest BCUT2D eigenvalue weighted by atomic mass is 35.5. The summed E-state index contributed by atoms with van der Waals surface area (Å²) in [6.45, 7) is 9.29. The molecule has 1 aromatic rings. The lowest BCUT2D eigenvalue weighted by atomic mass is 10.1. The van der Waals surface area contributed by atoms with Crippen LogP contribution in [0.25, 0.3) is 0 Å². The molecule has 0 radical (unpaired) electrons. The minimum atomic E-state index is 0.0947. The van der Waals surface area contributed by atoms with Crippen molar-refractivity contribution in [1.29, 1.82) is 0 Å². The second-order valence-corrected chi connectivity index (χ2v) is 7.77. The smallest absolute Gasteiger partial charge is 0.275 e. The number of piperazine rings is 1. The van der Waals surface area contributed by atoms with Gasteiger partial charge in [0.25, 0.3) is 5.91 Å². The maximum Gasteiger partial charge on any atom is 0.275 e. The van der Waals surface area contributed by atoms with Crippen LogP contribution in [0.15, 0.2) is 12.1 Å². The molecule has 1 aliphatic rings. The third-order valence-electron chi connectivity index (χ3n) is 4.68. The Kier molecular flexibility index (Phi) is 8.76. The average Bonchev–Trinajstić information content (AvgIpc) is 2.62. The number of aryl methyl sites for hydroxylation is 2. The molecular weight excluding hydrogens is 384 g/mol. The number of nitrogens with zero attached hydrogens (tertiary/aromatic N) is 1. The van der Waals surface area contributed by atoms with Crippen molar-refractivity contribution in [3.63, 3.8) is 0 Å². The zero-order valence-corrected chi connectivity index (χ0v) is 17.9. The standard InChI is InChI=1S/C19H29ClN4O2S/c1-14-11-15(2)18(16(20)12-14)22-19(27)24-8-6-23(7-9-24)13-17(25)21-5-4-10-26-3/h11-12H,4-10,13H2,1-3H3,(H,21,25)(H,22,27)/p+1. The van der Waals surface area contributed by atoms with Crippen molar-refractivity contribution in [2.75, 3.05) is 58.3 Å². The third-order valence-corrected chi connectivity index (χ3v) is 5.34. The first kappa shape index (κ1) is 21.9. The highest BCUT2D eigenvalue weighted by Crippen LogP contribution is 2.27. The fourth-order valence-electron chi connectivity index (χ4n) is 3.20. The van der Waals surface area contributed by atoms with Crippen molar-refractivity contribution in [3.8, 4) is 0 Å².